The second kappa shape index (κ2) is 9.98. The van der Waals surface area contributed by atoms with Crippen molar-refractivity contribution in [1.29, 1.82) is 0 Å². The van der Waals surface area contributed by atoms with Crippen LogP contribution in [0.4, 0.5) is 11.6 Å². The molecule has 3 aromatic carbocycles. The number of methoxy groups -OCH3 is 1. The zero-order valence-corrected chi connectivity index (χ0v) is 19.1. The molecule has 154 valence electrons. The van der Waals surface area contributed by atoms with Gasteiger partial charge in [-0.05, 0) is 46.3 Å². The number of aromatic nitrogens is 2. The minimum Gasteiger partial charge on any atom is -0.495 e. The fourth-order valence-corrected chi connectivity index (χ4v) is 3.62. The number of halogens is 3. The summed E-state index contributed by atoms with van der Waals surface area (Å²) in [5.74, 6) is 1.87. The minimum absolute atomic E-state index is 0. The van der Waals surface area contributed by atoms with Gasteiger partial charge < -0.3 is 14.8 Å². The monoisotopic (exact) mass is 505 g/mol. The average Bonchev–Trinajstić information content (AvgIpc) is 2.74. The van der Waals surface area contributed by atoms with Gasteiger partial charge in [-0.2, -0.15) is 0 Å². The maximum absolute atomic E-state index is 6.16. The summed E-state index contributed by atoms with van der Waals surface area (Å²) in [5.41, 5.74) is 2.60. The van der Waals surface area contributed by atoms with Crippen LogP contribution in [0.1, 0.15) is 5.56 Å². The van der Waals surface area contributed by atoms with E-state index in [1.807, 2.05) is 54.6 Å². The molecule has 0 saturated carbocycles. The van der Waals surface area contributed by atoms with E-state index < -0.39 is 0 Å². The molecule has 30 heavy (non-hydrogen) atoms. The lowest BCUT2D eigenvalue weighted by atomic mass is 10.2. The topological polar surface area (TPSA) is 56.3 Å². The fourth-order valence-electron chi connectivity index (χ4n) is 2.90. The molecule has 1 heterocycles. The Morgan fingerprint density at radius 1 is 1.07 bits per heavy atom. The third-order valence-corrected chi connectivity index (χ3v) is 5.28. The lowest BCUT2D eigenvalue weighted by Gasteiger charge is -2.13. The molecule has 0 unspecified atom stereocenters. The van der Waals surface area contributed by atoms with E-state index in [2.05, 4.69) is 31.2 Å². The van der Waals surface area contributed by atoms with Gasteiger partial charge in [0.15, 0.2) is 0 Å². The predicted molar refractivity (Wildman–Crippen MR) is 127 cm³/mol. The Labute approximate surface area is 193 Å². The SMILES string of the molecule is COc1c(Cl)cccc1COc1ccc(Nc2ncc3ccccc3n2)c(Br)c1.Cl. The van der Waals surface area contributed by atoms with Crippen LogP contribution in [-0.4, -0.2) is 17.1 Å². The highest BCUT2D eigenvalue weighted by atomic mass is 79.9. The van der Waals surface area contributed by atoms with Crippen molar-refractivity contribution in [2.75, 3.05) is 12.4 Å². The smallest absolute Gasteiger partial charge is 0.227 e. The highest BCUT2D eigenvalue weighted by Gasteiger charge is 2.09. The number of rotatable bonds is 6. The number of nitrogens with zero attached hydrogens (tertiary/aromatic N) is 2. The Kier molecular flexibility index (Phi) is 7.37. The van der Waals surface area contributed by atoms with E-state index in [0.29, 0.717) is 29.1 Å². The second-order valence-corrected chi connectivity index (χ2v) is 7.50. The molecular weight excluding hydrogens is 489 g/mol. The van der Waals surface area contributed by atoms with Crippen molar-refractivity contribution < 1.29 is 9.47 Å². The van der Waals surface area contributed by atoms with Gasteiger partial charge in [0.25, 0.3) is 0 Å². The molecule has 0 aliphatic carbocycles. The molecule has 5 nitrogen and oxygen atoms in total. The molecule has 4 rings (SSSR count). The van der Waals surface area contributed by atoms with Crippen LogP contribution in [-0.2, 0) is 6.61 Å². The molecule has 1 aromatic heterocycles. The zero-order chi connectivity index (χ0) is 20.2. The third-order valence-electron chi connectivity index (χ3n) is 4.32. The summed E-state index contributed by atoms with van der Waals surface area (Å²) in [5, 5.41) is 4.79. The maximum atomic E-state index is 6.16. The van der Waals surface area contributed by atoms with Crippen molar-refractivity contribution in [2.24, 2.45) is 0 Å². The molecule has 0 bridgehead atoms. The molecule has 1 N–H and O–H groups in total. The Hall–Kier alpha value is -2.54. The van der Waals surface area contributed by atoms with Crippen molar-refractivity contribution >= 4 is 62.5 Å². The van der Waals surface area contributed by atoms with Crippen LogP contribution in [0.2, 0.25) is 5.02 Å². The Morgan fingerprint density at radius 2 is 1.90 bits per heavy atom. The van der Waals surface area contributed by atoms with Crippen LogP contribution >= 0.6 is 39.9 Å². The largest absolute Gasteiger partial charge is 0.495 e. The molecule has 0 radical (unpaired) electrons. The van der Waals surface area contributed by atoms with Crippen molar-refractivity contribution in [1.82, 2.24) is 9.97 Å². The van der Waals surface area contributed by atoms with Gasteiger partial charge in [0.1, 0.15) is 18.1 Å². The van der Waals surface area contributed by atoms with E-state index in [9.17, 15) is 0 Å². The number of benzene rings is 3. The number of hydrogen-bond acceptors (Lipinski definition) is 5. The van der Waals surface area contributed by atoms with Crippen molar-refractivity contribution in [3.8, 4) is 11.5 Å². The summed E-state index contributed by atoms with van der Waals surface area (Å²) in [6, 6.07) is 19.1. The van der Waals surface area contributed by atoms with Crippen LogP contribution in [0.15, 0.2) is 71.3 Å². The Balaban J connectivity index is 0.00000256. The number of fused-ring (bicyclic) bond motifs is 1. The lowest BCUT2D eigenvalue weighted by Crippen LogP contribution is -2.00. The summed E-state index contributed by atoms with van der Waals surface area (Å²) < 4.78 is 12.1. The maximum Gasteiger partial charge on any atom is 0.227 e. The van der Waals surface area contributed by atoms with Crippen LogP contribution in [0.5, 0.6) is 11.5 Å². The normalized spacial score (nSPS) is 10.4. The van der Waals surface area contributed by atoms with Gasteiger partial charge >= 0.3 is 0 Å². The first-order chi connectivity index (χ1) is 14.1. The number of nitrogens with one attached hydrogen (secondary N) is 1. The van der Waals surface area contributed by atoms with Crippen LogP contribution in [0.3, 0.4) is 0 Å². The molecule has 8 heteroatoms. The van der Waals surface area contributed by atoms with Gasteiger partial charge in [-0.3, -0.25) is 0 Å². The first-order valence-electron chi connectivity index (χ1n) is 8.86. The number of anilines is 2. The highest BCUT2D eigenvalue weighted by molar-refractivity contribution is 9.10. The van der Waals surface area contributed by atoms with Crippen LogP contribution in [0, 0.1) is 0 Å². The van der Waals surface area contributed by atoms with Gasteiger partial charge in [0.05, 0.1) is 23.3 Å². The van der Waals surface area contributed by atoms with E-state index in [4.69, 9.17) is 21.1 Å². The third kappa shape index (κ3) is 4.95. The number of para-hydroxylation sites is 2. The predicted octanol–water partition coefficient (Wildman–Crippen LogP) is 6.80. The number of ether oxygens (including phenoxy) is 2. The van der Waals surface area contributed by atoms with Crippen molar-refractivity contribution in [3.63, 3.8) is 0 Å². The molecule has 0 aliphatic rings. The molecule has 0 amide bonds. The molecule has 0 aliphatic heterocycles. The average molecular weight is 507 g/mol. The summed E-state index contributed by atoms with van der Waals surface area (Å²) >= 11 is 9.74. The fraction of sp³-hybridized carbons (Fsp3) is 0.0909. The molecule has 0 saturated heterocycles. The minimum atomic E-state index is 0. The van der Waals surface area contributed by atoms with Crippen LogP contribution < -0.4 is 14.8 Å². The van der Waals surface area contributed by atoms with Gasteiger partial charge in [0, 0.05) is 21.6 Å². The number of hydrogen-bond donors (Lipinski definition) is 1. The summed E-state index contributed by atoms with van der Waals surface area (Å²) in [6.45, 7) is 0.344. The molecule has 0 spiro atoms. The molecular formula is C22H18BrCl2N3O2. The van der Waals surface area contributed by atoms with E-state index in [0.717, 1.165) is 26.6 Å². The lowest BCUT2D eigenvalue weighted by molar-refractivity contribution is 0.296. The first kappa shape index (κ1) is 22.2. The summed E-state index contributed by atoms with van der Waals surface area (Å²) in [6.07, 6.45) is 1.80. The van der Waals surface area contributed by atoms with Gasteiger partial charge in [-0.15, -0.1) is 12.4 Å². The van der Waals surface area contributed by atoms with Crippen molar-refractivity contribution in [3.05, 3.63) is 81.9 Å². The molecule has 0 fully saturated rings. The van der Waals surface area contributed by atoms with E-state index in [1.54, 1.807) is 19.4 Å². The van der Waals surface area contributed by atoms with E-state index in [1.165, 1.54) is 0 Å². The van der Waals surface area contributed by atoms with Crippen LogP contribution in [0.25, 0.3) is 10.9 Å². The Bertz CT molecular complexity index is 1170. The quantitative estimate of drug-likeness (QED) is 0.311. The van der Waals surface area contributed by atoms with E-state index in [-0.39, 0.29) is 12.4 Å². The highest BCUT2D eigenvalue weighted by Crippen LogP contribution is 2.32. The van der Waals surface area contributed by atoms with E-state index >= 15 is 0 Å². The van der Waals surface area contributed by atoms with Gasteiger partial charge in [-0.1, -0.05) is 41.9 Å². The second-order valence-electron chi connectivity index (χ2n) is 6.24. The molecule has 4 aromatic rings. The zero-order valence-electron chi connectivity index (χ0n) is 15.9. The standard InChI is InChI=1S/C22H17BrClN3O2.ClH/c1-28-21-15(6-4-7-18(21)24)13-29-16-9-10-20(17(23)11-16)27-22-25-12-14-5-2-3-8-19(14)26-22;/h2-12H,13H2,1H3,(H,25,26,27);1H. The van der Waals surface area contributed by atoms with Gasteiger partial charge in [0.2, 0.25) is 5.95 Å². The molecule has 0 atom stereocenters. The summed E-state index contributed by atoms with van der Waals surface area (Å²) in [7, 11) is 1.59. The Morgan fingerprint density at radius 3 is 2.70 bits per heavy atom. The first-order valence-corrected chi connectivity index (χ1v) is 10.0. The summed E-state index contributed by atoms with van der Waals surface area (Å²) in [4.78, 5) is 8.91. The van der Waals surface area contributed by atoms with Crippen molar-refractivity contribution in [2.45, 2.75) is 6.61 Å². The van der Waals surface area contributed by atoms with Gasteiger partial charge in [-0.25, -0.2) is 9.97 Å².